The van der Waals surface area contributed by atoms with Gasteiger partial charge in [0.15, 0.2) is 0 Å². The van der Waals surface area contributed by atoms with E-state index in [9.17, 15) is 33.1 Å². The van der Waals surface area contributed by atoms with Crippen molar-refractivity contribution in [3.8, 4) is 5.75 Å². The van der Waals surface area contributed by atoms with Crippen molar-refractivity contribution in [3.63, 3.8) is 0 Å². The summed E-state index contributed by atoms with van der Waals surface area (Å²) in [5.41, 5.74) is 4.44. The third-order valence-electron chi connectivity index (χ3n) is 9.91. The highest BCUT2D eigenvalue weighted by atomic mass is 79.9. The third-order valence-corrected chi connectivity index (χ3v) is 10.6. The first-order chi connectivity index (χ1) is 25.6. The molecule has 0 aromatic heterocycles. The highest BCUT2D eigenvalue weighted by Gasteiger charge is 2.43. The summed E-state index contributed by atoms with van der Waals surface area (Å²) >= 11 is 3.39. The molecule has 2 amide bonds. The zero-order valence-corrected chi connectivity index (χ0v) is 30.7. The summed E-state index contributed by atoms with van der Waals surface area (Å²) in [6.45, 7) is 1.56. The lowest BCUT2D eigenvalue weighted by Crippen LogP contribution is -2.62. The summed E-state index contributed by atoms with van der Waals surface area (Å²) in [4.78, 5) is 54.0. The summed E-state index contributed by atoms with van der Waals surface area (Å²) in [6, 6.07) is 18.2. The second-order valence-electron chi connectivity index (χ2n) is 13.8. The van der Waals surface area contributed by atoms with Gasteiger partial charge in [0.2, 0.25) is 5.91 Å². The number of nitrogens with zero attached hydrogens (tertiary/aromatic N) is 2. The van der Waals surface area contributed by atoms with Gasteiger partial charge in [0, 0.05) is 43.4 Å². The number of rotatable bonds is 17. The van der Waals surface area contributed by atoms with E-state index < -0.39 is 24.5 Å². The Labute approximate surface area is 315 Å². The van der Waals surface area contributed by atoms with E-state index in [0.29, 0.717) is 54.8 Å². The molecule has 3 aromatic rings. The van der Waals surface area contributed by atoms with Gasteiger partial charge in [-0.3, -0.25) is 19.2 Å². The number of halogens is 3. The largest absolute Gasteiger partial charge is 0.492 e. The molecule has 2 aliphatic heterocycles. The summed E-state index contributed by atoms with van der Waals surface area (Å²) in [5, 5.41) is 12.8. The highest BCUT2D eigenvalue weighted by Crippen LogP contribution is 2.37. The quantitative estimate of drug-likeness (QED) is 0.132. The molecule has 0 unspecified atom stereocenters. The second kappa shape index (κ2) is 17.5. The maximum absolute atomic E-state index is 14.7. The van der Waals surface area contributed by atoms with Crippen molar-refractivity contribution in [2.75, 3.05) is 26.2 Å². The number of aryl methyl sites for hydroxylation is 1. The fraction of sp³-hybridized carbons (Fsp3) is 0.400. The summed E-state index contributed by atoms with van der Waals surface area (Å²) < 4.78 is 38.6. The van der Waals surface area contributed by atoms with Crippen LogP contribution in [0.15, 0.2) is 76.8 Å². The number of carboxylic acids is 1. The van der Waals surface area contributed by atoms with E-state index in [0.717, 1.165) is 41.5 Å². The Morgan fingerprint density at radius 2 is 1.66 bits per heavy atom. The van der Waals surface area contributed by atoms with Crippen molar-refractivity contribution in [1.82, 2.24) is 15.1 Å². The van der Waals surface area contributed by atoms with Crippen LogP contribution >= 0.6 is 15.9 Å². The molecule has 1 saturated carbocycles. The standard InChI is InChI=1S/C40H42BrF2N3O7/c41-34-14-11-29(43)18-36(34)52-17-1-2-25-3-7-27(8-4-25)33-19-30-22-45(37(48)20-32(53-24-47)21-38(49)50)23-35(44-30)39(33)40(51)46(31-12-13-31)16-15-26-5-9-28(42)10-6-26/h3-11,14,18,24,30-32,35,44H,1-2,12-13,15-17,19-23H2,(H,49,50)/t30-,32-,35-/m1/s1. The van der Waals surface area contributed by atoms with E-state index in [-0.39, 0.29) is 55.0 Å². The molecular formula is C40H42BrF2N3O7. The molecule has 3 aromatic carbocycles. The lowest BCUT2D eigenvalue weighted by Gasteiger charge is -2.45. The van der Waals surface area contributed by atoms with Crippen LogP contribution < -0.4 is 10.1 Å². The number of hydrogen-bond donors (Lipinski definition) is 2. The van der Waals surface area contributed by atoms with E-state index in [1.807, 2.05) is 29.2 Å². The van der Waals surface area contributed by atoms with Gasteiger partial charge >= 0.3 is 5.97 Å². The van der Waals surface area contributed by atoms with Crippen LogP contribution in [0.4, 0.5) is 8.78 Å². The second-order valence-corrected chi connectivity index (χ2v) is 14.7. The smallest absolute Gasteiger partial charge is 0.307 e. The maximum atomic E-state index is 14.7. The molecule has 2 bridgehead atoms. The molecule has 2 heterocycles. The van der Waals surface area contributed by atoms with Crippen LogP contribution in [0, 0.1) is 11.6 Å². The summed E-state index contributed by atoms with van der Waals surface area (Å²) in [5.74, 6) is -1.87. The van der Waals surface area contributed by atoms with Gasteiger partial charge in [-0.15, -0.1) is 0 Å². The van der Waals surface area contributed by atoms with E-state index in [2.05, 4.69) is 21.2 Å². The number of nitrogens with one attached hydrogen (secondary N) is 1. The van der Waals surface area contributed by atoms with Crippen molar-refractivity contribution >= 4 is 45.8 Å². The van der Waals surface area contributed by atoms with Crippen LogP contribution in [0.3, 0.4) is 0 Å². The van der Waals surface area contributed by atoms with Crippen molar-refractivity contribution in [2.24, 2.45) is 0 Å². The normalized spacial score (nSPS) is 18.7. The number of fused-ring (bicyclic) bond motifs is 2. The molecule has 10 nitrogen and oxygen atoms in total. The number of hydrogen-bond acceptors (Lipinski definition) is 7. The molecule has 3 atom stereocenters. The van der Waals surface area contributed by atoms with Crippen LogP contribution in [0.25, 0.3) is 5.57 Å². The zero-order valence-electron chi connectivity index (χ0n) is 29.1. The van der Waals surface area contributed by atoms with Crippen LogP contribution in [-0.2, 0) is 36.8 Å². The van der Waals surface area contributed by atoms with Crippen molar-refractivity contribution in [3.05, 3.63) is 105 Å². The average Bonchev–Trinajstić information content (AvgIpc) is 3.97. The molecule has 53 heavy (non-hydrogen) atoms. The maximum Gasteiger partial charge on any atom is 0.307 e. The topological polar surface area (TPSA) is 125 Å². The van der Waals surface area contributed by atoms with Crippen molar-refractivity contribution in [2.45, 2.75) is 75.6 Å². The summed E-state index contributed by atoms with van der Waals surface area (Å²) in [7, 11) is 0. The van der Waals surface area contributed by atoms with Crippen LogP contribution in [0.2, 0.25) is 0 Å². The number of amides is 2. The van der Waals surface area contributed by atoms with Crippen molar-refractivity contribution < 1.29 is 42.5 Å². The number of piperazine rings is 1. The van der Waals surface area contributed by atoms with Crippen molar-refractivity contribution in [1.29, 1.82) is 0 Å². The SMILES string of the molecule is O=CO[C@@H](CC(=O)O)CC(=O)N1C[C@H]2CC(c3ccc(CCCOc4cc(F)ccc4Br)cc3)=C(C(=O)N(CCc3ccc(F)cc3)C3CC3)[C@@H](C1)N2. The van der Waals surface area contributed by atoms with Gasteiger partial charge in [0.25, 0.3) is 12.4 Å². The lowest BCUT2D eigenvalue weighted by molar-refractivity contribution is -0.147. The molecule has 6 rings (SSSR count). The Morgan fingerprint density at radius 1 is 0.962 bits per heavy atom. The lowest BCUT2D eigenvalue weighted by atomic mass is 9.82. The minimum absolute atomic E-state index is 0.0885. The number of carboxylic acid groups (broad SMARTS) is 1. The molecule has 2 fully saturated rings. The monoisotopic (exact) mass is 793 g/mol. The third kappa shape index (κ3) is 10.1. The van der Waals surface area contributed by atoms with Gasteiger partial charge in [-0.2, -0.15) is 0 Å². The minimum Gasteiger partial charge on any atom is -0.492 e. The number of carbonyl (C=O) groups is 4. The fourth-order valence-electron chi connectivity index (χ4n) is 7.15. The van der Waals surface area contributed by atoms with Gasteiger partial charge in [-0.05, 0) is 101 Å². The molecule has 3 aliphatic rings. The van der Waals surface area contributed by atoms with Gasteiger partial charge in [-0.1, -0.05) is 36.4 Å². The number of ether oxygens (including phenoxy) is 2. The van der Waals surface area contributed by atoms with Gasteiger partial charge in [0.05, 0.1) is 30.0 Å². The van der Waals surface area contributed by atoms with E-state index in [4.69, 9.17) is 9.47 Å². The molecule has 2 N–H and O–H groups in total. The molecule has 1 saturated heterocycles. The average molecular weight is 795 g/mol. The Kier molecular flexibility index (Phi) is 12.6. The first-order valence-corrected chi connectivity index (χ1v) is 18.7. The van der Waals surface area contributed by atoms with E-state index >= 15 is 0 Å². The Bertz CT molecular complexity index is 1830. The Hall–Kier alpha value is -4.62. The minimum atomic E-state index is -1.18. The van der Waals surface area contributed by atoms with E-state index in [1.165, 1.54) is 24.3 Å². The van der Waals surface area contributed by atoms with Gasteiger partial charge < -0.3 is 29.7 Å². The number of benzene rings is 3. The number of carbonyl (C=O) groups excluding carboxylic acids is 3. The number of aliphatic carboxylic acids is 1. The molecule has 0 spiro atoms. The predicted molar refractivity (Wildman–Crippen MR) is 196 cm³/mol. The first-order valence-electron chi connectivity index (χ1n) is 17.9. The summed E-state index contributed by atoms with van der Waals surface area (Å²) in [6.07, 6.45) is 2.41. The molecule has 0 radical (unpaired) electrons. The molecule has 1 aliphatic carbocycles. The predicted octanol–water partition coefficient (Wildman–Crippen LogP) is 5.71. The van der Waals surface area contributed by atoms with Crippen LogP contribution in [-0.4, -0.2) is 89.6 Å². The molecule has 13 heteroatoms. The Morgan fingerprint density at radius 3 is 2.36 bits per heavy atom. The van der Waals surface area contributed by atoms with Gasteiger partial charge in [0.1, 0.15) is 23.5 Å². The first kappa shape index (κ1) is 38.1. The fourth-order valence-corrected chi connectivity index (χ4v) is 7.51. The highest BCUT2D eigenvalue weighted by molar-refractivity contribution is 9.10. The molecular weight excluding hydrogens is 752 g/mol. The van der Waals surface area contributed by atoms with Gasteiger partial charge in [-0.25, -0.2) is 8.78 Å². The van der Waals surface area contributed by atoms with Crippen LogP contribution in [0.1, 0.15) is 55.2 Å². The Balaban J connectivity index is 1.22. The van der Waals surface area contributed by atoms with Crippen LogP contribution in [0.5, 0.6) is 5.75 Å². The molecule has 280 valence electrons. The van der Waals surface area contributed by atoms with E-state index in [1.54, 1.807) is 23.1 Å². The zero-order chi connectivity index (χ0) is 37.5.